The molecule has 162 valence electrons. The van der Waals surface area contributed by atoms with E-state index in [9.17, 15) is 4.79 Å². The predicted molar refractivity (Wildman–Crippen MR) is 128 cm³/mol. The molecule has 1 amide bonds. The Hall–Kier alpha value is -2.81. The average molecular weight is 458 g/mol. The highest BCUT2D eigenvalue weighted by atomic mass is 35.5. The lowest BCUT2D eigenvalue weighted by atomic mass is 10.1. The van der Waals surface area contributed by atoms with Gasteiger partial charge in [-0.1, -0.05) is 17.4 Å². The zero-order valence-corrected chi connectivity index (χ0v) is 19.2. The molecule has 4 rings (SSSR count). The largest absolute Gasteiger partial charge is 0.492 e. The Labute approximate surface area is 191 Å². The highest BCUT2D eigenvalue weighted by molar-refractivity contribution is 7.22. The van der Waals surface area contributed by atoms with E-state index in [1.165, 1.54) is 11.3 Å². The number of amides is 1. The normalized spacial score (nSPS) is 11.0. The fourth-order valence-electron chi connectivity index (χ4n) is 3.14. The second kappa shape index (κ2) is 10.00. The van der Waals surface area contributed by atoms with Crippen molar-refractivity contribution >= 4 is 56.0 Å². The summed E-state index contributed by atoms with van der Waals surface area (Å²) >= 11 is 1.49. The zero-order chi connectivity index (χ0) is 21.1. The molecule has 2 heterocycles. The molecule has 31 heavy (non-hydrogen) atoms. The van der Waals surface area contributed by atoms with Crippen molar-refractivity contribution < 1.29 is 9.53 Å². The Morgan fingerprint density at radius 2 is 1.84 bits per heavy atom. The van der Waals surface area contributed by atoms with Gasteiger partial charge in [-0.25, -0.2) is 4.98 Å². The Kier molecular flexibility index (Phi) is 7.37. The van der Waals surface area contributed by atoms with Gasteiger partial charge in [-0.05, 0) is 51.4 Å². The average Bonchev–Trinajstić information content (AvgIpc) is 3.18. The molecule has 0 radical (unpaired) electrons. The number of carbonyl (C=O) groups excluding carboxylic acids is 1. The minimum Gasteiger partial charge on any atom is -0.492 e. The molecule has 0 aliphatic rings. The van der Waals surface area contributed by atoms with Crippen LogP contribution in [-0.2, 0) is 0 Å². The lowest BCUT2D eigenvalue weighted by molar-refractivity contribution is 0.0985. The highest BCUT2D eigenvalue weighted by Crippen LogP contribution is 2.34. The number of ether oxygens (including phenoxy) is 1. The van der Waals surface area contributed by atoms with Crippen LogP contribution in [0.2, 0.25) is 0 Å². The molecule has 9 heteroatoms. The molecule has 0 saturated carbocycles. The molecular formula is C22H24ClN5O2S. The molecule has 0 aliphatic carbocycles. The van der Waals surface area contributed by atoms with Crippen molar-refractivity contribution in [2.24, 2.45) is 0 Å². The Balaban J connectivity index is 0.00000272. The second-order valence-corrected chi connectivity index (χ2v) is 8.06. The fraction of sp³-hybridized carbons (Fsp3) is 0.273. The molecule has 0 aliphatic heterocycles. The summed E-state index contributed by atoms with van der Waals surface area (Å²) in [6.07, 6.45) is 3.27. The van der Waals surface area contributed by atoms with E-state index in [1.54, 1.807) is 29.4 Å². The van der Waals surface area contributed by atoms with Gasteiger partial charge in [0.1, 0.15) is 11.3 Å². The molecule has 4 aromatic rings. The number of aromatic nitrogens is 3. The van der Waals surface area contributed by atoms with Gasteiger partial charge in [0.2, 0.25) is 0 Å². The van der Waals surface area contributed by atoms with Crippen molar-refractivity contribution in [1.29, 1.82) is 0 Å². The van der Waals surface area contributed by atoms with Gasteiger partial charge in [0.05, 0.1) is 22.3 Å². The number of thiazole rings is 1. The lowest BCUT2D eigenvalue weighted by Gasteiger charge is -2.22. The SMILES string of the molecule is CCOc1cccc2sc(N(CCN(C)C)C(=O)c3ccc4nccnc4c3)nc12.Cl. The number of hydrogen-bond acceptors (Lipinski definition) is 7. The van der Waals surface area contributed by atoms with Crippen molar-refractivity contribution in [2.45, 2.75) is 6.92 Å². The topological polar surface area (TPSA) is 71.5 Å². The van der Waals surface area contributed by atoms with E-state index in [4.69, 9.17) is 9.72 Å². The molecule has 0 bridgehead atoms. The molecule has 0 spiro atoms. The van der Waals surface area contributed by atoms with Gasteiger partial charge in [-0.2, -0.15) is 0 Å². The molecule has 0 saturated heterocycles. The molecule has 0 unspecified atom stereocenters. The molecular weight excluding hydrogens is 434 g/mol. The van der Waals surface area contributed by atoms with Crippen molar-refractivity contribution in [3.8, 4) is 5.75 Å². The standard InChI is InChI=1S/C22H23N5O2S.ClH/c1-4-29-18-6-5-7-19-20(18)25-22(30-19)27(13-12-26(2)3)21(28)15-8-9-16-17(14-15)24-11-10-23-16;/h5-11,14H,4,12-13H2,1-3H3;1H. The van der Waals surface area contributed by atoms with Crippen LogP contribution < -0.4 is 9.64 Å². The third-order valence-corrected chi connectivity index (χ3v) is 5.68. The monoisotopic (exact) mass is 457 g/mol. The van der Waals surface area contributed by atoms with Crippen LogP contribution in [0.3, 0.4) is 0 Å². The van der Waals surface area contributed by atoms with E-state index in [0.29, 0.717) is 35.9 Å². The van der Waals surface area contributed by atoms with Gasteiger partial charge in [-0.3, -0.25) is 19.7 Å². The summed E-state index contributed by atoms with van der Waals surface area (Å²) < 4.78 is 6.71. The van der Waals surface area contributed by atoms with Crippen LogP contribution in [0.1, 0.15) is 17.3 Å². The van der Waals surface area contributed by atoms with E-state index in [1.807, 2.05) is 50.2 Å². The van der Waals surface area contributed by atoms with Crippen LogP contribution >= 0.6 is 23.7 Å². The molecule has 2 aromatic carbocycles. The third-order valence-electron chi connectivity index (χ3n) is 4.63. The number of nitrogens with zero attached hydrogens (tertiary/aromatic N) is 5. The molecule has 7 nitrogen and oxygen atoms in total. The maximum absolute atomic E-state index is 13.5. The van der Waals surface area contributed by atoms with E-state index >= 15 is 0 Å². The number of hydrogen-bond donors (Lipinski definition) is 0. The highest BCUT2D eigenvalue weighted by Gasteiger charge is 2.23. The van der Waals surface area contributed by atoms with Crippen LogP contribution in [0.25, 0.3) is 21.3 Å². The number of benzene rings is 2. The molecule has 0 N–H and O–H groups in total. The number of halogens is 1. The maximum Gasteiger partial charge on any atom is 0.260 e. The van der Waals surface area contributed by atoms with Gasteiger partial charge in [-0.15, -0.1) is 12.4 Å². The first-order chi connectivity index (χ1) is 14.6. The molecule has 2 aromatic heterocycles. The van der Waals surface area contributed by atoms with Crippen LogP contribution in [-0.4, -0.2) is 59.6 Å². The summed E-state index contributed by atoms with van der Waals surface area (Å²) in [5.74, 6) is 0.625. The summed E-state index contributed by atoms with van der Waals surface area (Å²) in [5.41, 5.74) is 2.80. The summed E-state index contributed by atoms with van der Waals surface area (Å²) in [5, 5.41) is 0.656. The van der Waals surface area contributed by atoms with E-state index in [2.05, 4.69) is 9.97 Å². The van der Waals surface area contributed by atoms with E-state index in [0.717, 1.165) is 21.5 Å². The minimum atomic E-state index is -0.110. The minimum absolute atomic E-state index is 0. The fourth-order valence-corrected chi connectivity index (χ4v) is 4.14. The third kappa shape index (κ3) is 4.92. The second-order valence-electron chi connectivity index (χ2n) is 7.05. The van der Waals surface area contributed by atoms with Gasteiger partial charge in [0, 0.05) is 31.0 Å². The van der Waals surface area contributed by atoms with Crippen molar-refractivity contribution in [1.82, 2.24) is 19.9 Å². The van der Waals surface area contributed by atoms with Gasteiger partial charge < -0.3 is 9.64 Å². The Morgan fingerprint density at radius 3 is 2.58 bits per heavy atom. The number of rotatable bonds is 7. The van der Waals surface area contributed by atoms with Crippen LogP contribution in [0.15, 0.2) is 48.8 Å². The lowest BCUT2D eigenvalue weighted by Crippen LogP contribution is -2.36. The number of anilines is 1. The van der Waals surface area contributed by atoms with E-state index in [-0.39, 0.29) is 18.3 Å². The summed E-state index contributed by atoms with van der Waals surface area (Å²) in [6.45, 7) is 3.75. The number of fused-ring (bicyclic) bond motifs is 2. The maximum atomic E-state index is 13.5. The van der Waals surface area contributed by atoms with Crippen molar-refractivity contribution in [3.63, 3.8) is 0 Å². The first kappa shape index (κ1) is 22.9. The van der Waals surface area contributed by atoms with Gasteiger partial charge >= 0.3 is 0 Å². The zero-order valence-electron chi connectivity index (χ0n) is 17.6. The number of carbonyl (C=O) groups is 1. The molecule has 0 atom stereocenters. The van der Waals surface area contributed by atoms with Crippen molar-refractivity contribution in [2.75, 3.05) is 38.7 Å². The number of likely N-dealkylation sites (N-methyl/N-ethyl adjacent to an activating group) is 1. The van der Waals surface area contributed by atoms with Crippen molar-refractivity contribution in [3.05, 3.63) is 54.4 Å². The van der Waals surface area contributed by atoms with Gasteiger partial charge in [0.25, 0.3) is 5.91 Å². The summed E-state index contributed by atoms with van der Waals surface area (Å²) in [7, 11) is 3.97. The van der Waals surface area contributed by atoms with Gasteiger partial charge in [0.15, 0.2) is 5.13 Å². The summed E-state index contributed by atoms with van der Waals surface area (Å²) in [4.78, 5) is 30.6. The first-order valence-electron chi connectivity index (χ1n) is 9.76. The smallest absolute Gasteiger partial charge is 0.260 e. The first-order valence-corrected chi connectivity index (χ1v) is 10.6. The summed E-state index contributed by atoms with van der Waals surface area (Å²) in [6, 6.07) is 11.3. The van der Waals surface area contributed by atoms with E-state index < -0.39 is 0 Å². The number of para-hydroxylation sites is 1. The molecule has 0 fully saturated rings. The van der Waals surface area contributed by atoms with Crippen LogP contribution in [0, 0.1) is 0 Å². The Morgan fingerprint density at radius 1 is 1.06 bits per heavy atom. The quantitative estimate of drug-likeness (QED) is 0.412. The predicted octanol–water partition coefficient (Wildman–Crippen LogP) is 4.27. The van der Waals surface area contributed by atoms with Crippen LogP contribution in [0.5, 0.6) is 5.75 Å². The Bertz CT molecular complexity index is 1200. The van der Waals surface area contributed by atoms with Crippen LogP contribution in [0.4, 0.5) is 5.13 Å².